The van der Waals surface area contributed by atoms with Crippen LogP contribution in [0.3, 0.4) is 0 Å². The molecule has 0 aliphatic carbocycles. The lowest BCUT2D eigenvalue weighted by atomic mass is 10.1. The maximum atomic E-state index is 14.1. The summed E-state index contributed by atoms with van der Waals surface area (Å²) in [4.78, 5) is 14.3. The molecular weight excluding hydrogens is 303 g/mol. The molecular formula is C15H17FN4O3. The zero-order valence-corrected chi connectivity index (χ0v) is 12.9. The molecule has 1 saturated heterocycles. The number of benzene rings is 1. The van der Waals surface area contributed by atoms with Crippen LogP contribution in [0.15, 0.2) is 24.5 Å². The maximum Gasteiger partial charge on any atom is 0.260 e. The Morgan fingerprint density at radius 2 is 2.30 bits per heavy atom. The normalized spacial score (nSPS) is 18.0. The number of carbonyl (C=O) groups excluding carboxylic acids is 1. The molecule has 2 aromatic rings. The Kier molecular flexibility index (Phi) is 4.24. The van der Waals surface area contributed by atoms with E-state index in [0.717, 1.165) is 0 Å². The van der Waals surface area contributed by atoms with E-state index >= 15 is 0 Å². The molecule has 7 nitrogen and oxygen atoms in total. The molecule has 23 heavy (non-hydrogen) atoms. The van der Waals surface area contributed by atoms with Gasteiger partial charge in [0.25, 0.3) is 5.91 Å². The summed E-state index contributed by atoms with van der Waals surface area (Å²) in [5.74, 6) is -0.175. The van der Waals surface area contributed by atoms with Gasteiger partial charge < -0.3 is 18.9 Å². The fourth-order valence-electron chi connectivity index (χ4n) is 2.61. The highest BCUT2D eigenvalue weighted by Crippen LogP contribution is 2.26. The minimum Gasteiger partial charge on any atom is -0.496 e. The summed E-state index contributed by atoms with van der Waals surface area (Å²) in [6.07, 6.45) is 1.18. The first-order valence-electron chi connectivity index (χ1n) is 7.19. The Hall–Kier alpha value is -2.48. The first kappa shape index (κ1) is 15.4. The van der Waals surface area contributed by atoms with Crippen molar-refractivity contribution in [2.24, 2.45) is 7.05 Å². The number of halogens is 1. The number of methoxy groups -OCH3 is 1. The van der Waals surface area contributed by atoms with Gasteiger partial charge in [-0.25, -0.2) is 4.39 Å². The van der Waals surface area contributed by atoms with Crippen molar-refractivity contribution in [3.05, 3.63) is 41.7 Å². The standard InChI is InChI=1S/C15H17FN4O3/c1-19-9-17-18-14(19)12-8-20(6-7-23-12)15(21)13-10(16)4-3-5-11(13)22-2/h3-5,9,12H,6-8H2,1-2H3/t12-/m1/s1. The van der Waals surface area contributed by atoms with Gasteiger partial charge in [-0.2, -0.15) is 0 Å². The van der Waals surface area contributed by atoms with Gasteiger partial charge in [0, 0.05) is 13.6 Å². The number of nitrogens with zero attached hydrogens (tertiary/aromatic N) is 4. The van der Waals surface area contributed by atoms with E-state index in [4.69, 9.17) is 9.47 Å². The quantitative estimate of drug-likeness (QED) is 0.849. The van der Waals surface area contributed by atoms with Crippen LogP contribution in [0, 0.1) is 5.82 Å². The SMILES string of the molecule is COc1cccc(F)c1C(=O)N1CCO[C@@H](c2nncn2C)C1. The van der Waals surface area contributed by atoms with E-state index in [1.807, 2.05) is 0 Å². The lowest BCUT2D eigenvalue weighted by Crippen LogP contribution is -2.43. The van der Waals surface area contributed by atoms with Gasteiger partial charge in [-0.3, -0.25) is 4.79 Å². The highest BCUT2D eigenvalue weighted by Gasteiger charge is 2.31. The Labute approximate surface area is 132 Å². The largest absolute Gasteiger partial charge is 0.496 e. The first-order valence-corrected chi connectivity index (χ1v) is 7.19. The summed E-state index contributed by atoms with van der Waals surface area (Å²) in [6.45, 7) is 1.01. The zero-order chi connectivity index (χ0) is 16.4. The minimum absolute atomic E-state index is 0.0615. The fourth-order valence-corrected chi connectivity index (χ4v) is 2.61. The van der Waals surface area contributed by atoms with Crippen LogP contribution >= 0.6 is 0 Å². The third-order valence-electron chi connectivity index (χ3n) is 3.80. The molecule has 2 heterocycles. The summed E-state index contributed by atoms with van der Waals surface area (Å²) in [6, 6.07) is 4.32. The molecule has 0 N–H and O–H groups in total. The van der Waals surface area contributed by atoms with Crippen molar-refractivity contribution in [3.63, 3.8) is 0 Å². The Balaban J connectivity index is 1.84. The minimum atomic E-state index is -0.601. The highest BCUT2D eigenvalue weighted by atomic mass is 19.1. The van der Waals surface area contributed by atoms with Gasteiger partial charge in [-0.05, 0) is 12.1 Å². The fraction of sp³-hybridized carbons (Fsp3) is 0.400. The van der Waals surface area contributed by atoms with Crippen LogP contribution in [0.2, 0.25) is 0 Å². The first-order chi connectivity index (χ1) is 11.1. The van der Waals surface area contributed by atoms with Gasteiger partial charge in [-0.1, -0.05) is 6.07 Å². The van der Waals surface area contributed by atoms with Gasteiger partial charge in [0.2, 0.25) is 0 Å². The number of carbonyl (C=O) groups is 1. The van der Waals surface area contributed by atoms with Crippen LogP contribution in [0.4, 0.5) is 4.39 Å². The van der Waals surface area contributed by atoms with Gasteiger partial charge in [0.1, 0.15) is 29.6 Å². The monoisotopic (exact) mass is 320 g/mol. The van der Waals surface area contributed by atoms with Crippen LogP contribution in [0.1, 0.15) is 22.3 Å². The molecule has 8 heteroatoms. The van der Waals surface area contributed by atoms with Crippen molar-refractivity contribution in [1.82, 2.24) is 19.7 Å². The summed E-state index contributed by atoms with van der Waals surface area (Å²) < 4.78 is 26.6. The van der Waals surface area contributed by atoms with E-state index in [1.165, 1.54) is 19.2 Å². The van der Waals surface area contributed by atoms with Gasteiger partial charge in [0.15, 0.2) is 5.82 Å². The number of rotatable bonds is 3. The van der Waals surface area contributed by atoms with E-state index in [-0.39, 0.29) is 17.9 Å². The maximum absolute atomic E-state index is 14.1. The van der Waals surface area contributed by atoms with Crippen molar-refractivity contribution >= 4 is 5.91 Å². The number of ether oxygens (including phenoxy) is 2. The van der Waals surface area contributed by atoms with Crippen LogP contribution < -0.4 is 4.74 Å². The molecule has 0 saturated carbocycles. The second-order valence-electron chi connectivity index (χ2n) is 5.23. The number of aromatic nitrogens is 3. The van der Waals surface area contributed by atoms with Crippen molar-refractivity contribution in [3.8, 4) is 5.75 Å². The van der Waals surface area contributed by atoms with E-state index in [9.17, 15) is 9.18 Å². The molecule has 1 aliphatic rings. The lowest BCUT2D eigenvalue weighted by Gasteiger charge is -2.32. The smallest absolute Gasteiger partial charge is 0.260 e. The number of morpholine rings is 1. The molecule has 1 fully saturated rings. The van der Waals surface area contributed by atoms with Gasteiger partial charge in [0.05, 0.1) is 20.3 Å². The summed E-state index contributed by atoms with van der Waals surface area (Å²) in [5.41, 5.74) is -0.0615. The third-order valence-corrected chi connectivity index (χ3v) is 3.80. The Bertz CT molecular complexity index is 718. The van der Waals surface area contributed by atoms with Crippen LogP contribution in [-0.4, -0.2) is 52.4 Å². The number of hydrogen-bond donors (Lipinski definition) is 0. The van der Waals surface area contributed by atoms with Crippen LogP contribution in [0.25, 0.3) is 0 Å². The third kappa shape index (κ3) is 2.89. The molecule has 0 bridgehead atoms. The molecule has 0 spiro atoms. The van der Waals surface area contributed by atoms with Crippen molar-refractivity contribution in [2.45, 2.75) is 6.10 Å². The highest BCUT2D eigenvalue weighted by molar-refractivity contribution is 5.97. The topological polar surface area (TPSA) is 69.5 Å². The molecule has 122 valence electrons. The average Bonchev–Trinajstić information content (AvgIpc) is 3.00. The zero-order valence-electron chi connectivity index (χ0n) is 12.9. The van der Waals surface area contributed by atoms with E-state index in [1.54, 1.807) is 28.9 Å². The summed E-state index contributed by atoms with van der Waals surface area (Å²) >= 11 is 0. The Morgan fingerprint density at radius 3 is 3.00 bits per heavy atom. The van der Waals surface area contributed by atoms with Crippen LogP contribution in [0.5, 0.6) is 5.75 Å². The predicted molar refractivity (Wildman–Crippen MR) is 78.6 cm³/mol. The molecule has 1 atom stereocenters. The number of aryl methyl sites for hydroxylation is 1. The van der Waals surface area contributed by atoms with E-state index in [2.05, 4.69) is 10.2 Å². The molecule has 1 amide bonds. The van der Waals surface area contributed by atoms with E-state index < -0.39 is 17.8 Å². The second kappa shape index (κ2) is 6.33. The van der Waals surface area contributed by atoms with Crippen molar-refractivity contribution in [1.29, 1.82) is 0 Å². The van der Waals surface area contributed by atoms with E-state index in [0.29, 0.717) is 19.0 Å². The molecule has 1 aliphatic heterocycles. The molecule has 1 aromatic heterocycles. The van der Waals surface area contributed by atoms with Crippen molar-refractivity contribution < 1.29 is 18.7 Å². The van der Waals surface area contributed by atoms with Crippen LogP contribution in [-0.2, 0) is 11.8 Å². The molecule has 3 rings (SSSR count). The molecule has 1 aromatic carbocycles. The Morgan fingerprint density at radius 1 is 1.48 bits per heavy atom. The second-order valence-corrected chi connectivity index (χ2v) is 5.23. The number of amides is 1. The molecule has 0 unspecified atom stereocenters. The summed E-state index contributed by atoms with van der Waals surface area (Å²) in [5, 5.41) is 7.82. The predicted octanol–water partition coefficient (Wildman–Crippen LogP) is 1.18. The summed E-state index contributed by atoms with van der Waals surface area (Å²) in [7, 11) is 3.21. The van der Waals surface area contributed by atoms with Crippen molar-refractivity contribution in [2.75, 3.05) is 26.8 Å². The lowest BCUT2D eigenvalue weighted by molar-refractivity contribution is -0.0283. The van der Waals surface area contributed by atoms with Gasteiger partial charge in [-0.15, -0.1) is 10.2 Å². The molecule has 0 radical (unpaired) electrons. The average molecular weight is 320 g/mol. The number of hydrogen-bond acceptors (Lipinski definition) is 5. The van der Waals surface area contributed by atoms with Gasteiger partial charge >= 0.3 is 0 Å².